The van der Waals surface area contributed by atoms with E-state index in [0.717, 1.165) is 6.42 Å². The molecule has 0 aromatic heterocycles. The van der Waals surface area contributed by atoms with Gasteiger partial charge in [0.1, 0.15) is 6.04 Å². The smallest absolute Gasteiger partial charge is 0.326 e. The first-order valence-corrected chi connectivity index (χ1v) is 4.87. The fraction of sp³-hybridized carbons (Fsp3) is 0.800. The van der Waals surface area contributed by atoms with Crippen LogP contribution in [-0.4, -0.2) is 23.0 Å². The van der Waals surface area contributed by atoms with Crippen molar-refractivity contribution in [2.24, 2.45) is 11.3 Å². The summed E-state index contributed by atoms with van der Waals surface area (Å²) in [6.07, 6.45) is 1.07. The normalized spacial score (nSPS) is 32.0. The second-order valence-electron chi connectivity index (χ2n) is 4.77. The lowest BCUT2D eigenvalue weighted by molar-refractivity contribution is -0.142. The van der Waals surface area contributed by atoms with Gasteiger partial charge in [0.2, 0.25) is 5.91 Å². The molecule has 0 aromatic rings. The van der Waals surface area contributed by atoms with Gasteiger partial charge in [0.25, 0.3) is 0 Å². The number of hydrogen-bond acceptors (Lipinski definition) is 2. The largest absolute Gasteiger partial charge is 0.480 e. The van der Waals surface area contributed by atoms with E-state index in [0.29, 0.717) is 12.3 Å². The summed E-state index contributed by atoms with van der Waals surface area (Å²) >= 11 is 0. The highest BCUT2D eigenvalue weighted by atomic mass is 16.4. The van der Waals surface area contributed by atoms with Crippen molar-refractivity contribution in [3.63, 3.8) is 0 Å². The van der Waals surface area contributed by atoms with Crippen LogP contribution in [0.2, 0.25) is 0 Å². The summed E-state index contributed by atoms with van der Waals surface area (Å²) in [6.45, 7) is 5.93. The summed E-state index contributed by atoms with van der Waals surface area (Å²) < 4.78 is 0. The van der Waals surface area contributed by atoms with E-state index in [4.69, 9.17) is 5.11 Å². The molecule has 0 aliphatic carbocycles. The zero-order chi connectivity index (χ0) is 10.9. The third-order valence-corrected chi connectivity index (χ3v) is 2.69. The standard InChI is InChI=1S/C10H17NO3/c1-6(2)4-10(3)5-7(12)11-8(10)9(13)14/h6,8H,4-5H2,1-3H3,(H,11,12)(H,13,14). The molecule has 14 heavy (non-hydrogen) atoms. The number of nitrogens with one attached hydrogen (secondary N) is 1. The summed E-state index contributed by atoms with van der Waals surface area (Å²) in [5, 5.41) is 11.5. The third-order valence-electron chi connectivity index (χ3n) is 2.69. The summed E-state index contributed by atoms with van der Waals surface area (Å²) in [6, 6.07) is -0.725. The number of carboxylic acid groups (broad SMARTS) is 1. The third kappa shape index (κ3) is 2.05. The van der Waals surface area contributed by atoms with Crippen LogP contribution in [0, 0.1) is 11.3 Å². The Morgan fingerprint density at radius 1 is 1.71 bits per heavy atom. The molecule has 2 atom stereocenters. The van der Waals surface area contributed by atoms with E-state index in [1.54, 1.807) is 0 Å². The van der Waals surface area contributed by atoms with E-state index in [1.165, 1.54) is 0 Å². The van der Waals surface area contributed by atoms with Gasteiger partial charge >= 0.3 is 5.97 Å². The van der Waals surface area contributed by atoms with E-state index in [2.05, 4.69) is 5.32 Å². The summed E-state index contributed by atoms with van der Waals surface area (Å²) in [7, 11) is 0. The van der Waals surface area contributed by atoms with Crippen LogP contribution < -0.4 is 5.32 Å². The van der Waals surface area contributed by atoms with Crippen molar-refractivity contribution < 1.29 is 14.7 Å². The zero-order valence-corrected chi connectivity index (χ0v) is 8.83. The Labute approximate surface area is 83.7 Å². The van der Waals surface area contributed by atoms with Gasteiger partial charge in [-0.2, -0.15) is 0 Å². The molecule has 1 saturated heterocycles. The molecule has 0 spiro atoms. The van der Waals surface area contributed by atoms with Gasteiger partial charge in [-0.1, -0.05) is 20.8 Å². The lowest BCUT2D eigenvalue weighted by Crippen LogP contribution is -2.42. The number of hydrogen-bond donors (Lipinski definition) is 2. The molecule has 1 aliphatic heterocycles. The zero-order valence-electron chi connectivity index (χ0n) is 8.83. The highest BCUT2D eigenvalue weighted by Gasteiger charge is 2.47. The van der Waals surface area contributed by atoms with Gasteiger partial charge < -0.3 is 10.4 Å². The monoisotopic (exact) mass is 199 g/mol. The van der Waals surface area contributed by atoms with Crippen molar-refractivity contribution in [3.05, 3.63) is 0 Å². The molecule has 1 fully saturated rings. The van der Waals surface area contributed by atoms with Gasteiger partial charge in [-0.05, 0) is 12.3 Å². The summed E-state index contributed by atoms with van der Waals surface area (Å²) in [5.41, 5.74) is -0.433. The molecule has 1 amide bonds. The highest BCUT2D eigenvalue weighted by Crippen LogP contribution is 2.37. The lowest BCUT2D eigenvalue weighted by atomic mass is 9.76. The fourth-order valence-electron chi connectivity index (χ4n) is 2.34. The van der Waals surface area contributed by atoms with Crippen LogP contribution in [0.3, 0.4) is 0 Å². The second kappa shape index (κ2) is 3.59. The van der Waals surface area contributed by atoms with Crippen molar-refractivity contribution in [2.75, 3.05) is 0 Å². The number of carboxylic acids is 1. The maximum Gasteiger partial charge on any atom is 0.326 e. The van der Waals surface area contributed by atoms with Crippen LogP contribution in [0.15, 0.2) is 0 Å². The predicted octanol–water partition coefficient (Wildman–Crippen LogP) is 1.01. The Morgan fingerprint density at radius 3 is 2.71 bits per heavy atom. The fourth-order valence-corrected chi connectivity index (χ4v) is 2.34. The van der Waals surface area contributed by atoms with Crippen molar-refractivity contribution in [1.82, 2.24) is 5.32 Å². The van der Waals surface area contributed by atoms with Crippen LogP contribution >= 0.6 is 0 Å². The molecule has 4 heteroatoms. The first-order valence-electron chi connectivity index (χ1n) is 4.87. The Hall–Kier alpha value is -1.06. The van der Waals surface area contributed by atoms with Crippen LogP contribution in [-0.2, 0) is 9.59 Å². The molecular formula is C10H17NO3. The van der Waals surface area contributed by atoms with E-state index in [9.17, 15) is 9.59 Å². The van der Waals surface area contributed by atoms with Gasteiger partial charge in [-0.3, -0.25) is 4.79 Å². The Kier molecular flexibility index (Phi) is 2.83. The van der Waals surface area contributed by atoms with Gasteiger partial charge in [-0.25, -0.2) is 4.79 Å². The van der Waals surface area contributed by atoms with Crippen molar-refractivity contribution in [1.29, 1.82) is 0 Å². The molecule has 2 N–H and O–H groups in total. The molecule has 1 rings (SSSR count). The SMILES string of the molecule is CC(C)CC1(C)CC(=O)NC1C(=O)O. The molecule has 0 aromatic carbocycles. The van der Waals surface area contributed by atoms with Gasteiger partial charge in [0.15, 0.2) is 0 Å². The summed E-state index contributed by atoms with van der Waals surface area (Å²) in [5.74, 6) is -0.686. The number of rotatable bonds is 3. The average molecular weight is 199 g/mol. The second-order valence-corrected chi connectivity index (χ2v) is 4.77. The Bertz CT molecular complexity index is 262. The molecule has 1 aliphatic rings. The number of aliphatic carboxylic acids is 1. The quantitative estimate of drug-likeness (QED) is 0.713. The topological polar surface area (TPSA) is 66.4 Å². The molecule has 0 bridgehead atoms. The Morgan fingerprint density at radius 2 is 2.29 bits per heavy atom. The van der Waals surface area contributed by atoms with E-state index >= 15 is 0 Å². The highest BCUT2D eigenvalue weighted by molar-refractivity contribution is 5.89. The molecule has 4 nitrogen and oxygen atoms in total. The van der Waals surface area contributed by atoms with Crippen LogP contribution in [0.1, 0.15) is 33.6 Å². The lowest BCUT2D eigenvalue weighted by Gasteiger charge is -2.28. The van der Waals surface area contributed by atoms with Crippen LogP contribution in [0.5, 0.6) is 0 Å². The van der Waals surface area contributed by atoms with Crippen LogP contribution in [0.4, 0.5) is 0 Å². The van der Waals surface area contributed by atoms with E-state index < -0.39 is 17.4 Å². The first kappa shape index (κ1) is 11.0. The number of amides is 1. The molecular weight excluding hydrogens is 182 g/mol. The van der Waals surface area contributed by atoms with E-state index in [1.807, 2.05) is 20.8 Å². The van der Waals surface area contributed by atoms with Gasteiger partial charge in [0.05, 0.1) is 0 Å². The molecule has 0 saturated carbocycles. The minimum Gasteiger partial charge on any atom is -0.480 e. The van der Waals surface area contributed by atoms with Crippen molar-refractivity contribution in [3.8, 4) is 0 Å². The molecule has 80 valence electrons. The maximum absolute atomic E-state index is 11.2. The van der Waals surface area contributed by atoms with Crippen molar-refractivity contribution in [2.45, 2.75) is 39.7 Å². The van der Waals surface area contributed by atoms with Gasteiger partial charge in [-0.15, -0.1) is 0 Å². The average Bonchev–Trinajstić information content (AvgIpc) is 2.23. The minimum atomic E-state index is -0.931. The Balaban J connectivity index is 2.83. The van der Waals surface area contributed by atoms with Crippen LogP contribution in [0.25, 0.3) is 0 Å². The minimum absolute atomic E-state index is 0.152. The molecule has 0 radical (unpaired) electrons. The predicted molar refractivity (Wildman–Crippen MR) is 51.7 cm³/mol. The van der Waals surface area contributed by atoms with E-state index in [-0.39, 0.29) is 5.91 Å². The van der Waals surface area contributed by atoms with Crippen molar-refractivity contribution >= 4 is 11.9 Å². The molecule has 1 heterocycles. The summed E-state index contributed by atoms with van der Waals surface area (Å²) in [4.78, 5) is 22.1. The molecule has 2 unspecified atom stereocenters. The first-order chi connectivity index (χ1) is 6.35. The number of carbonyl (C=O) groups excluding carboxylic acids is 1. The maximum atomic E-state index is 11.2. The number of carbonyl (C=O) groups is 2. The van der Waals surface area contributed by atoms with Gasteiger partial charge in [0, 0.05) is 11.8 Å².